The number of sulfonamides is 1. The monoisotopic (exact) mass is 408 g/mol. The molecule has 6 nitrogen and oxygen atoms in total. The zero-order valence-corrected chi connectivity index (χ0v) is 17.0. The van der Waals surface area contributed by atoms with E-state index in [1.54, 1.807) is 22.4 Å². The van der Waals surface area contributed by atoms with Gasteiger partial charge in [0.25, 0.3) is 10.0 Å². The van der Waals surface area contributed by atoms with Crippen molar-refractivity contribution in [2.75, 3.05) is 32.8 Å². The number of amides is 1. The largest absolute Gasteiger partial charge is 0.494 e. The quantitative estimate of drug-likeness (QED) is 0.661. The Kier molecular flexibility index (Phi) is 6.51. The summed E-state index contributed by atoms with van der Waals surface area (Å²) in [7, 11) is -3.43. The second-order valence-electron chi connectivity index (χ2n) is 6.48. The van der Waals surface area contributed by atoms with Crippen molar-refractivity contribution in [2.24, 2.45) is 0 Å². The van der Waals surface area contributed by atoms with E-state index in [2.05, 4.69) is 0 Å². The normalized spacial score (nSPS) is 15.7. The number of rotatable bonds is 7. The second-order valence-corrected chi connectivity index (χ2v) is 9.59. The van der Waals surface area contributed by atoms with Crippen LogP contribution in [0.1, 0.15) is 18.4 Å². The van der Waals surface area contributed by atoms with E-state index in [0.29, 0.717) is 49.8 Å². The first-order valence-corrected chi connectivity index (χ1v) is 11.3. The summed E-state index contributed by atoms with van der Waals surface area (Å²) in [5.74, 6) is 0.858. The number of piperazine rings is 1. The van der Waals surface area contributed by atoms with Gasteiger partial charge in [-0.15, -0.1) is 11.3 Å². The van der Waals surface area contributed by atoms with Crippen molar-refractivity contribution in [2.45, 2.75) is 24.0 Å². The highest BCUT2D eigenvalue weighted by molar-refractivity contribution is 7.91. The van der Waals surface area contributed by atoms with Crippen LogP contribution in [0.25, 0.3) is 0 Å². The SMILES string of the molecule is Cc1ccc(OCCCC(=O)N2CCN(S(=O)(=O)c3cccs3)CC2)cc1. The van der Waals surface area contributed by atoms with Crippen LogP contribution in [-0.4, -0.2) is 56.3 Å². The summed E-state index contributed by atoms with van der Waals surface area (Å²) in [5.41, 5.74) is 1.18. The van der Waals surface area contributed by atoms with Crippen LogP contribution in [-0.2, 0) is 14.8 Å². The van der Waals surface area contributed by atoms with Gasteiger partial charge in [0.15, 0.2) is 0 Å². The van der Waals surface area contributed by atoms with Gasteiger partial charge < -0.3 is 9.64 Å². The van der Waals surface area contributed by atoms with E-state index in [4.69, 9.17) is 4.74 Å². The van der Waals surface area contributed by atoms with Crippen molar-refractivity contribution >= 4 is 27.3 Å². The molecule has 1 aromatic carbocycles. The van der Waals surface area contributed by atoms with Gasteiger partial charge >= 0.3 is 0 Å². The number of hydrogen-bond donors (Lipinski definition) is 0. The smallest absolute Gasteiger partial charge is 0.252 e. The highest BCUT2D eigenvalue weighted by Gasteiger charge is 2.30. The number of ether oxygens (including phenoxy) is 1. The number of carbonyl (C=O) groups is 1. The lowest BCUT2D eigenvalue weighted by atomic mass is 10.2. The molecular weight excluding hydrogens is 384 g/mol. The third kappa shape index (κ3) is 5.09. The number of thiophene rings is 1. The van der Waals surface area contributed by atoms with E-state index in [9.17, 15) is 13.2 Å². The van der Waals surface area contributed by atoms with Crippen LogP contribution < -0.4 is 4.74 Å². The van der Waals surface area contributed by atoms with Gasteiger partial charge in [0, 0.05) is 32.6 Å². The van der Waals surface area contributed by atoms with Gasteiger partial charge in [-0.25, -0.2) is 8.42 Å². The van der Waals surface area contributed by atoms with Gasteiger partial charge in [-0.05, 0) is 36.9 Å². The maximum atomic E-state index is 12.5. The van der Waals surface area contributed by atoms with Crippen LogP contribution in [0.2, 0.25) is 0 Å². The zero-order chi connectivity index (χ0) is 19.3. The lowest BCUT2D eigenvalue weighted by Gasteiger charge is -2.33. The summed E-state index contributed by atoms with van der Waals surface area (Å²) in [6.07, 6.45) is 1.05. The minimum atomic E-state index is -3.43. The van der Waals surface area contributed by atoms with Crippen LogP contribution in [0.3, 0.4) is 0 Å². The number of carbonyl (C=O) groups excluding carboxylic acids is 1. The molecule has 0 bridgehead atoms. The average Bonchev–Trinajstić information content (AvgIpc) is 3.22. The van der Waals surface area contributed by atoms with Crippen LogP contribution in [0.15, 0.2) is 46.0 Å². The first-order valence-electron chi connectivity index (χ1n) is 8.98. The van der Waals surface area contributed by atoms with E-state index in [1.807, 2.05) is 31.2 Å². The lowest BCUT2D eigenvalue weighted by molar-refractivity contribution is -0.132. The highest BCUT2D eigenvalue weighted by atomic mass is 32.2. The first kappa shape index (κ1) is 19.9. The fraction of sp³-hybridized carbons (Fsp3) is 0.421. The lowest BCUT2D eigenvalue weighted by Crippen LogP contribution is -2.50. The minimum absolute atomic E-state index is 0.0516. The summed E-state index contributed by atoms with van der Waals surface area (Å²) in [6, 6.07) is 11.2. The molecule has 3 rings (SSSR count). The molecule has 27 heavy (non-hydrogen) atoms. The maximum Gasteiger partial charge on any atom is 0.252 e. The summed E-state index contributed by atoms with van der Waals surface area (Å²) < 4.78 is 32.5. The molecule has 1 aliphatic rings. The van der Waals surface area contributed by atoms with E-state index in [0.717, 1.165) is 5.75 Å². The van der Waals surface area contributed by atoms with Crippen molar-refractivity contribution < 1.29 is 17.9 Å². The van der Waals surface area contributed by atoms with Gasteiger partial charge in [-0.1, -0.05) is 23.8 Å². The van der Waals surface area contributed by atoms with E-state index in [1.165, 1.54) is 21.2 Å². The molecule has 8 heteroatoms. The van der Waals surface area contributed by atoms with Crippen molar-refractivity contribution in [1.82, 2.24) is 9.21 Å². The molecule has 1 saturated heterocycles. The van der Waals surface area contributed by atoms with Crippen molar-refractivity contribution in [3.05, 3.63) is 47.3 Å². The highest BCUT2D eigenvalue weighted by Crippen LogP contribution is 2.22. The number of hydrogen-bond acceptors (Lipinski definition) is 5. The van der Waals surface area contributed by atoms with Crippen molar-refractivity contribution in [1.29, 1.82) is 0 Å². The number of aryl methyl sites for hydroxylation is 1. The average molecular weight is 409 g/mol. The van der Waals surface area contributed by atoms with Gasteiger partial charge in [0.1, 0.15) is 9.96 Å². The molecule has 1 aliphatic heterocycles. The summed E-state index contributed by atoms with van der Waals surface area (Å²) >= 11 is 1.22. The Balaban J connectivity index is 1.40. The minimum Gasteiger partial charge on any atom is -0.494 e. The summed E-state index contributed by atoms with van der Waals surface area (Å²) in [5, 5.41) is 1.76. The van der Waals surface area contributed by atoms with E-state index in [-0.39, 0.29) is 5.91 Å². The molecule has 2 aromatic rings. The molecule has 2 heterocycles. The Labute approximate surface area is 164 Å². The topological polar surface area (TPSA) is 66.9 Å². The Hall–Kier alpha value is -1.90. The Morgan fingerprint density at radius 3 is 2.44 bits per heavy atom. The van der Waals surface area contributed by atoms with Gasteiger partial charge in [0.2, 0.25) is 5.91 Å². The van der Waals surface area contributed by atoms with Crippen molar-refractivity contribution in [3.8, 4) is 5.75 Å². The number of benzene rings is 1. The molecule has 0 aliphatic carbocycles. The van der Waals surface area contributed by atoms with E-state index >= 15 is 0 Å². The molecule has 1 aromatic heterocycles. The summed E-state index contributed by atoms with van der Waals surface area (Å²) in [4.78, 5) is 14.1. The summed E-state index contributed by atoms with van der Waals surface area (Å²) in [6.45, 7) is 4.05. The van der Waals surface area contributed by atoms with Crippen molar-refractivity contribution in [3.63, 3.8) is 0 Å². The number of nitrogens with zero attached hydrogens (tertiary/aromatic N) is 2. The second kappa shape index (κ2) is 8.86. The van der Waals surface area contributed by atoms with Crippen LogP contribution in [0.4, 0.5) is 0 Å². The van der Waals surface area contributed by atoms with Crippen LogP contribution in [0, 0.1) is 6.92 Å². The van der Waals surface area contributed by atoms with Crippen LogP contribution >= 0.6 is 11.3 Å². The first-order chi connectivity index (χ1) is 13.0. The molecule has 1 fully saturated rings. The van der Waals surface area contributed by atoms with Gasteiger partial charge in [0.05, 0.1) is 6.61 Å². The molecular formula is C19H24N2O4S2. The van der Waals surface area contributed by atoms with Gasteiger partial charge in [-0.2, -0.15) is 4.31 Å². The molecule has 0 unspecified atom stereocenters. The zero-order valence-electron chi connectivity index (χ0n) is 15.3. The Morgan fingerprint density at radius 2 is 1.81 bits per heavy atom. The maximum absolute atomic E-state index is 12.5. The third-order valence-corrected chi connectivity index (χ3v) is 7.78. The molecule has 0 N–H and O–H groups in total. The third-order valence-electron chi connectivity index (χ3n) is 4.51. The Bertz CT molecular complexity index is 840. The standard InChI is InChI=1S/C19H24N2O4S2/c1-16-6-8-17(9-7-16)25-14-2-4-18(22)20-10-12-21(13-11-20)27(23,24)19-5-3-15-26-19/h3,5-9,15H,2,4,10-14H2,1H3. The Morgan fingerprint density at radius 1 is 1.11 bits per heavy atom. The molecule has 0 spiro atoms. The predicted octanol–water partition coefficient (Wildman–Crippen LogP) is 2.75. The fourth-order valence-electron chi connectivity index (χ4n) is 2.92. The fourth-order valence-corrected chi connectivity index (χ4v) is 5.49. The molecule has 1 amide bonds. The molecule has 0 atom stereocenters. The van der Waals surface area contributed by atoms with E-state index < -0.39 is 10.0 Å². The predicted molar refractivity (Wildman–Crippen MR) is 106 cm³/mol. The van der Waals surface area contributed by atoms with Gasteiger partial charge in [-0.3, -0.25) is 4.79 Å². The molecule has 0 saturated carbocycles. The molecule has 0 radical (unpaired) electrons. The molecule has 146 valence electrons. The van der Waals surface area contributed by atoms with Crippen LogP contribution in [0.5, 0.6) is 5.75 Å².